The maximum atomic E-state index is 13.3. The summed E-state index contributed by atoms with van der Waals surface area (Å²) in [7, 11) is 1.87. The molecular weight excluding hydrogens is 231 g/mol. The molecular formula is C13H13FN4. The number of nitriles is 1. The van der Waals surface area contributed by atoms with Gasteiger partial charge in [0.1, 0.15) is 11.9 Å². The molecule has 18 heavy (non-hydrogen) atoms. The van der Waals surface area contributed by atoms with Crippen LogP contribution in [0.3, 0.4) is 0 Å². The summed E-state index contributed by atoms with van der Waals surface area (Å²) in [4.78, 5) is 0. The van der Waals surface area contributed by atoms with E-state index in [1.54, 1.807) is 23.0 Å². The molecule has 0 spiro atoms. The maximum absolute atomic E-state index is 13.3. The second-order valence-electron chi connectivity index (χ2n) is 4.01. The molecule has 0 aliphatic heterocycles. The molecule has 1 aromatic heterocycles. The van der Waals surface area contributed by atoms with Gasteiger partial charge in [0.15, 0.2) is 0 Å². The Kier molecular flexibility index (Phi) is 3.58. The standard InChI is InChI=1S/C13H13FN4/c1-18-9-10(8-17-18)4-5-16-12-3-2-11(7-15)13(14)6-12/h2-3,6,8-9,16H,4-5H2,1H3. The first-order valence-electron chi connectivity index (χ1n) is 5.60. The summed E-state index contributed by atoms with van der Waals surface area (Å²) in [5.41, 5.74) is 1.86. The highest BCUT2D eigenvalue weighted by molar-refractivity contribution is 5.48. The first-order chi connectivity index (χ1) is 8.69. The zero-order valence-electron chi connectivity index (χ0n) is 10.0. The lowest BCUT2D eigenvalue weighted by atomic mass is 10.2. The lowest BCUT2D eigenvalue weighted by Gasteiger charge is -2.05. The third kappa shape index (κ3) is 2.86. The van der Waals surface area contributed by atoms with E-state index in [2.05, 4.69) is 10.4 Å². The van der Waals surface area contributed by atoms with Crippen LogP contribution in [0.5, 0.6) is 0 Å². The number of benzene rings is 1. The van der Waals surface area contributed by atoms with Crippen LogP contribution in [0, 0.1) is 17.1 Å². The average molecular weight is 244 g/mol. The number of nitrogens with zero attached hydrogens (tertiary/aromatic N) is 3. The van der Waals surface area contributed by atoms with Crippen molar-refractivity contribution in [2.75, 3.05) is 11.9 Å². The Bertz CT molecular complexity index is 583. The van der Waals surface area contributed by atoms with Gasteiger partial charge < -0.3 is 5.32 Å². The minimum absolute atomic E-state index is 0.0628. The summed E-state index contributed by atoms with van der Waals surface area (Å²) in [6.07, 6.45) is 4.57. The Labute approximate surface area is 105 Å². The second kappa shape index (κ2) is 5.32. The van der Waals surface area contributed by atoms with Gasteiger partial charge in [-0.05, 0) is 30.2 Å². The molecule has 0 saturated heterocycles. The first kappa shape index (κ1) is 12.1. The zero-order valence-corrected chi connectivity index (χ0v) is 10.0. The third-order valence-electron chi connectivity index (χ3n) is 2.59. The Morgan fingerprint density at radius 3 is 2.94 bits per heavy atom. The molecule has 5 heteroatoms. The fraction of sp³-hybridized carbons (Fsp3) is 0.231. The van der Waals surface area contributed by atoms with Crippen LogP contribution in [0.4, 0.5) is 10.1 Å². The Balaban J connectivity index is 1.91. The number of halogens is 1. The fourth-order valence-electron chi connectivity index (χ4n) is 1.67. The van der Waals surface area contributed by atoms with Gasteiger partial charge in [-0.3, -0.25) is 4.68 Å². The Hall–Kier alpha value is -2.35. The third-order valence-corrected chi connectivity index (χ3v) is 2.59. The lowest BCUT2D eigenvalue weighted by molar-refractivity contribution is 0.624. The van der Waals surface area contributed by atoms with Crippen LogP contribution >= 0.6 is 0 Å². The van der Waals surface area contributed by atoms with E-state index in [-0.39, 0.29) is 5.56 Å². The van der Waals surface area contributed by atoms with Gasteiger partial charge >= 0.3 is 0 Å². The minimum Gasteiger partial charge on any atom is -0.385 e. The number of hydrogen-bond donors (Lipinski definition) is 1. The van der Waals surface area contributed by atoms with E-state index in [1.807, 2.05) is 13.2 Å². The predicted molar refractivity (Wildman–Crippen MR) is 66.5 cm³/mol. The van der Waals surface area contributed by atoms with Crippen LogP contribution < -0.4 is 5.32 Å². The number of anilines is 1. The normalized spacial score (nSPS) is 10.1. The van der Waals surface area contributed by atoms with Crippen LogP contribution in [-0.4, -0.2) is 16.3 Å². The van der Waals surface area contributed by atoms with E-state index in [4.69, 9.17) is 5.26 Å². The largest absolute Gasteiger partial charge is 0.385 e. The summed E-state index contributed by atoms with van der Waals surface area (Å²) < 4.78 is 15.1. The molecule has 0 aliphatic rings. The molecule has 0 atom stereocenters. The second-order valence-corrected chi connectivity index (χ2v) is 4.01. The molecule has 1 heterocycles. The van der Waals surface area contributed by atoms with Gasteiger partial charge in [0.25, 0.3) is 0 Å². The van der Waals surface area contributed by atoms with Crippen LogP contribution in [0.1, 0.15) is 11.1 Å². The molecule has 0 amide bonds. The van der Waals surface area contributed by atoms with Crippen molar-refractivity contribution in [1.29, 1.82) is 5.26 Å². The van der Waals surface area contributed by atoms with Crippen molar-refractivity contribution in [3.05, 3.63) is 47.5 Å². The summed E-state index contributed by atoms with van der Waals surface area (Å²) in [5, 5.41) is 15.8. The molecule has 2 aromatic rings. The predicted octanol–water partition coefficient (Wildman–Crippen LogP) is 2.09. The van der Waals surface area contributed by atoms with Crippen LogP contribution in [0.25, 0.3) is 0 Å². The van der Waals surface area contributed by atoms with Crippen molar-refractivity contribution in [3.8, 4) is 6.07 Å². The van der Waals surface area contributed by atoms with Crippen molar-refractivity contribution in [2.45, 2.75) is 6.42 Å². The monoisotopic (exact) mass is 244 g/mol. The smallest absolute Gasteiger partial charge is 0.143 e. The van der Waals surface area contributed by atoms with Gasteiger partial charge in [0, 0.05) is 25.5 Å². The van der Waals surface area contributed by atoms with E-state index < -0.39 is 5.82 Å². The van der Waals surface area contributed by atoms with Gasteiger partial charge in [0.2, 0.25) is 0 Å². The number of hydrogen-bond acceptors (Lipinski definition) is 3. The molecule has 92 valence electrons. The molecule has 0 aliphatic carbocycles. The van der Waals surface area contributed by atoms with E-state index in [0.717, 1.165) is 12.0 Å². The zero-order chi connectivity index (χ0) is 13.0. The van der Waals surface area contributed by atoms with Crippen LogP contribution in [0.15, 0.2) is 30.6 Å². The van der Waals surface area contributed by atoms with Crippen molar-refractivity contribution < 1.29 is 4.39 Å². The molecule has 0 saturated carbocycles. The highest BCUT2D eigenvalue weighted by atomic mass is 19.1. The van der Waals surface area contributed by atoms with E-state index in [9.17, 15) is 4.39 Å². The average Bonchev–Trinajstić information content (AvgIpc) is 2.75. The quantitative estimate of drug-likeness (QED) is 0.896. The van der Waals surface area contributed by atoms with Gasteiger partial charge in [-0.15, -0.1) is 0 Å². The van der Waals surface area contributed by atoms with Crippen molar-refractivity contribution in [2.24, 2.45) is 7.05 Å². The molecule has 1 aromatic carbocycles. The van der Waals surface area contributed by atoms with Gasteiger partial charge in [-0.2, -0.15) is 10.4 Å². The molecule has 0 bridgehead atoms. The molecule has 2 rings (SSSR count). The summed E-state index contributed by atoms with van der Waals surface area (Å²) in [5.74, 6) is -0.496. The van der Waals surface area contributed by atoms with E-state index in [0.29, 0.717) is 12.2 Å². The molecule has 0 radical (unpaired) electrons. The summed E-state index contributed by atoms with van der Waals surface area (Å²) in [6.45, 7) is 0.692. The van der Waals surface area contributed by atoms with Gasteiger partial charge in [0.05, 0.1) is 11.8 Å². The molecule has 1 N–H and O–H groups in total. The van der Waals surface area contributed by atoms with E-state index >= 15 is 0 Å². The molecule has 4 nitrogen and oxygen atoms in total. The van der Waals surface area contributed by atoms with Crippen molar-refractivity contribution in [3.63, 3.8) is 0 Å². The number of rotatable bonds is 4. The van der Waals surface area contributed by atoms with E-state index in [1.165, 1.54) is 12.1 Å². The molecule has 0 unspecified atom stereocenters. The number of nitrogens with one attached hydrogen (secondary N) is 1. The maximum Gasteiger partial charge on any atom is 0.143 e. The minimum atomic E-state index is -0.496. The highest BCUT2D eigenvalue weighted by Gasteiger charge is 2.02. The highest BCUT2D eigenvalue weighted by Crippen LogP contribution is 2.13. The summed E-state index contributed by atoms with van der Waals surface area (Å²) >= 11 is 0. The van der Waals surface area contributed by atoms with Gasteiger partial charge in [-0.25, -0.2) is 4.39 Å². The van der Waals surface area contributed by atoms with Crippen LogP contribution in [0.2, 0.25) is 0 Å². The SMILES string of the molecule is Cn1cc(CCNc2ccc(C#N)c(F)c2)cn1. The van der Waals surface area contributed by atoms with Gasteiger partial charge in [-0.1, -0.05) is 0 Å². The number of aromatic nitrogens is 2. The Morgan fingerprint density at radius 1 is 1.50 bits per heavy atom. The van der Waals surface area contributed by atoms with Crippen LogP contribution in [-0.2, 0) is 13.5 Å². The summed E-state index contributed by atoms with van der Waals surface area (Å²) in [6, 6.07) is 6.30. The van der Waals surface area contributed by atoms with Crippen molar-refractivity contribution in [1.82, 2.24) is 9.78 Å². The topological polar surface area (TPSA) is 53.6 Å². The number of aryl methyl sites for hydroxylation is 1. The van der Waals surface area contributed by atoms with Crippen molar-refractivity contribution >= 4 is 5.69 Å². The lowest BCUT2D eigenvalue weighted by Crippen LogP contribution is -2.04. The fourth-order valence-corrected chi connectivity index (χ4v) is 1.67. The first-order valence-corrected chi connectivity index (χ1v) is 5.60. The Morgan fingerprint density at radius 2 is 2.33 bits per heavy atom. The molecule has 0 fully saturated rings.